The van der Waals surface area contributed by atoms with Crippen molar-refractivity contribution < 1.29 is 21.2 Å². The number of hydrogen-bond donors (Lipinski definition) is 2. The number of para-hydroxylation sites is 1. The molecule has 9 heteroatoms. The molecule has 0 aromatic heterocycles. The van der Waals surface area contributed by atoms with Crippen LogP contribution in [0.4, 0.5) is 10.1 Å². The maximum absolute atomic E-state index is 13.5. The molecule has 0 saturated heterocycles. The van der Waals surface area contributed by atoms with Crippen LogP contribution in [-0.4, -0.2) is 16.8 Å². The molecule has 0 spiro atoms. The van der Waals surface area contributed by atoms with Crippen molar-refractivity contribution in [3.63, 3.8) is 0 Å². The Bertz CT molecular complexity index is 896. The summed E-state index contributed by atoms with van der Waals surface area (Å²) in [6.07, 6.45) is 0. The van der Waals surface area contributed by atoms with E-state index >= 15 is 0 Å². The summed E-state index contributed by atoms with van der Waals surface area (Å²) in [5, 5.41) is 5.03. The molecular formula is C13H13FN2O4S2. The van der Waals surface area contributed by atoms with Crippen molar-refractivity contribution in [1.82, 2.24) is 0 Å². The summed E-state index contributed by atoms with van der Waals surface area (Å²) in [5.41, 5.74) is -0.204. The normalized spacial score (nSPS) is 12.1. The Morgan fingerprint density at radius 3 is 2.18 bits per heavy atom. The average Bonchev–Trinajstić information content (AvgIpc) is 2.40. The highest BCUT2D eigenvalue weighted by Gasteiger charge is 2.19. The van der Waals surface area contributed by atoms with Crippen LogP contribution in [0.25, 0.3) is 0 Å². The van der Waals surface area contributed by atoms with Gasteiger partial charge in [0, 0.05) is 5.56 Å². The van der Waals surface area contributed by atoms with Gasteiger partial charge in [-0.3, -0.25) is 4.72 Å². The Balaban J connectivity index is 2.33. The first-order valence-electron chi connectivity index (χ1n) is 6.05. The highest BCUT2D eigenvalue weighted by Crippen LogP contribution is 2.22. The first kappa shape index (κ1) is 16.4. The zero-order valence-electron chi connectivity index (χ0n) is 11.2. The predicted molar refractivity (Wildman–Crippen MR) is 80.5 cm³/mol. The molecule has 0 fully saturated rings. The van der Waals surface area contributed by atoms with Crippen LogP contribution < -0.4 is 9.86 Å². The summed E-state index contributed by atoms with van der Waals surface area (Å²) in [4.78, 5) is -0.355. The summed E-state index contributed by atoms with van der Waals surface area (Å²) in [7, 11) is -8.09. The fraction of sp³-hybridized carbons (Fsp3) is 0.0769. The van der Waals surface area contributed by atoms with Crippen LogP contribution >= 0.6 is 0 Å². The van der Waals surface area contributed by atoms with Crippen LogP contribution in [-0.2, 0) is 25.8 Å². The van der Waals surface area contributed by atoms with Gasteiger partial charge in [-0.1, -0.05) is 30.3 Å². The van der Waals surface area contributed by atoms with Gasteiger partial charge in [0.15, 0.2) is 0 Å². The molecule has 0 aliphatic rings. The maximum Gasteiger partial charge on any atom is 0.240 e. The predicted octanol–water partition coefficient (Wildman–Crippen LogP) is 1.42. The topological polar surface area (TPSA) is 106 Å². The van der Waals surface area contributed by atoms with Gasteiger partial charge in [0.05, 0.1) is 11.4 Å². The number of rotatable bonds is 5. The van der Waals surface area contributed by atoms with Crippen LogP contribution in [0.3, 0.4) is 0 Å². The third-order valence-electron chi connectivity index (χ3n) is 2.76. The highest BCUT2D eigenvalue weighted by molar-refractivity contribution is 7.92. The summed E-state index contributed by atoms with van der Waals surface area (Å²) in [6, 6.07) is 10.7. The largest absolute Gasteiger partial charge is 0.282 e. The second kappa shape index (κ2) is 6.03. The van der Waals surface area contributed by atoms with E-state index in [0.717, 1.165) is 6.07 Å². The molecule has 0 unspecified atom stereocenters. The van der Waals surface area contributed by atoms with E-state index in [-0.39, 0.29) is 16.1 Å². The molecule has 0 aliphatic heterocycles. The Labute approximate surface area is 127 Å². The lowest BCUT2D eigenvalue weighted by Gasteiger charge is -2.11. The third kappa shape index (κ3) is 4.03. The smallest absolute Gasteiger partial charge is 0.240 e. The molecule has 0 bridgehead atoms. The number of benzene rings is 2. The Morgan fingerprint density at radius 2 is 1.55 bits per heavy atom. The Morgan fingerprint density at radius 1 is 0.955 bits per heavy atom. The van der Waals surface area contributed by atoms with E-state index in [0.29, 0.717) is 0 Å². The first-order valence-corrected chi connectivity index (χ1v) is 9.25. The van der Waals surface area contributed by atoms with Crippen molar-refractivity contribution in [1.29, 1.82) is 0 Å². The monoisotopic (exact) mass is 344 g/mol. The van der Waals surface area contributed by atoms with E-state index in [1.807, 2.05) is 0 Å². The van der Waals surface area contributed by atoms with Crippen molar-refractivity contribution >= 4 is 25.7 Å². The lowest BCUT2D eigenvalue weighted by molar-refractivity contribution is 0.591. The van der Waals surface area contributed by atoms with Crippen LogP contribution in [0.2, 0.25) is 0 Å². The van der Waals surface area contributed by atoms with Gasteiger partial charge in [-0.25, -0.2) is 26.4 Å². The average molecular weight is 344 g/mol. The second-order valence-corrected chi connectivity index (χ2v) is 7.75. The lowest BCUT2D eigenvalue weighted by Crippen LogP contribution is -2.20. The zero-order valence-corrected chi connectivity index (χ0v) is 12.9. The van der Waals surface area contributed by atoms with E-state index in [4.69, 9.17) is 5.14 Å². The molecule has 0 radical (unpaired) electrons. The Hall–Kier alpha value is -1.97. The number of nitrogens with one attached hydrogen (secondary N) is 1. The van der Waals surface area contributed by atoms with Crippen molar-refractivity contribution in [2.75, 3.05) is 4.72 Å². The Kier molecular flexibility index (Phi) is 4.50. The van der Waals surface area contributed by atoms with Crippen molar-refractivity contribution in [2.45, 2.75) is 10.6 Å². The second-order valence-electron chi connectivity index (χ2n) is 4.49. The van der Waals surface area contributed by atoms with Crippen LogP contribution in [0, 0.1) is 5.82 Å². The van der Waals surface area contributed by atoms with Gasteiger partial charge < -0.3 is 0 Å². The van der Waals surface area contributed by atoms with E-state index in [1.54, 1.807) is 0 Å². The minimum absolute atomic E-state index is 0.0249. The van der Waals surface area contributed by atoms with Crippen LogP contribution in [0.15, 0.2) is 53.4 Å². The van der Waals surface area contributed by atoms with Gasteiger partial charge >= 0.3 is 0 Å². The van der Waals surface area contributed by atoms with Gasteiger partial charge in [-0.2, -0.15) is 0 Å². The van der Waals surface area contributed by atoms with Gasteiger partial charge in [-0.05, 0) is 18.2 Å². The summed E-state index contributed by atoms with van der Waals surface area (Å²) >= 11 is 0. The van der Waals surface area contributed by atoms with Gasteiger partial charge in [0.25, 0.3) is 0 Å². The zero-order chi connectivity index (χ0) is 16.4. The van der Waals surface area contributed by atoms with Crippen LogP contribution in [0.5, 0.6) is 0 Å². The van der Waals surface area contributed by atoms with E-state index < -0.39 is 31.6 Å². The molecule has 0 aliphatic carbocycles. The molecular weight excluding hydrogens is 331 g/mol. The molecule has 2 aromatic rings. The van der Waals surface area contributed by atoms with E-state index in [9.17, 15) is 21.2 Å². The number of hydrogen-bond acceptors (Lipinski definition) is 4. The van der Waals surface area contributed by atoms with Crippen molar-refractivity contribution in [3.05, 3.63) is 59.9 Å². The van der Waals surface area contributed by atoms with Crippen LogP contribution in [0.1, 0.15) is 5.56 Å². The SMILES string of the molecule is NS(=O)(=O)c1ccccc1NS(=O)(=O)Cc1ccccc1F. The van der Waals surface area contributed by atoms with Crippen molar-refractivity contribution in [2.24, 2.45) is 5.14 Å². The lowest BCUT2D eigenvalue weighted by atomic mass is 10.2. The fourth-order valence-electron chi connectivity index (χ4n) is 1.82. The standard InChI is InChI=1S/C13H13FN2O4S2/c14-11-6-2-1-5-10(11)9-21(17,18)16-12-7-3-4-8-13(12)22(15,19)20/h1-8,16H,9H2,(H2,15,19,20). The quantitative estimate of drug-likeness (QED) is 0.855. The third-order valence-corrected chi connectivity index (χ3v) is 4.95. The summed E-state index contributed by atoms with van der Waals surface area (Å²) in [6.45, 7) is 0. The number of primary sulfonamides is 1. The minimum atomic E-state index is -4.09. The summed E-state index contributed by atoms with van der Waals surface area (Å²) in [5.74, 6) is -1.29. The molecule has 2 aromatic carbocycles. The van der Waals surface area contributed by atoms with E-state index in [1.165, 1.54) is 42.5 Å². The van der Waals surface area contributed by atoms with Gasteiger partial charge in [0.1, 0.15) is 10.7 Å². The molecule has 6 nitrogen and oxygen atoms in total. The fourth-order valence-corrected chi connectivity index (χ4v) is 3.81. The molecule has 0 amide bonds. The maximum atomic E-state index is 13.5. The van der Waals surface area contributed by atoms with Crippen molar-refractivity contribution in [3.8, 4) is 0 Å². The number of nitrogens with two attached hydrogens (primary N) is 1. The molecule has 3 N–H and O–H groups in total. The molecule has 0 heterocycles. The van der Waals surface area contributed by atoms with Gasteiger partial charge in [-0.15, -0.1) is 0 Å². The molecule has 118 valence electrons. The molecule has 22 heavy (non-hydrogen) atoms. The highest BCUT2D eigenvalue weighted by atomic mass is 32.2. The molecule has 0 atom stereocenters. The first-order chi connectivity index (χ1) is 10.2. The van der Waals surface area contributed by atoms with Gasteiger partial charge in [0.2, 0.25) is 20.0 Å². The summed E-state index contributed by atoms with van der Waals surface area (Å²) < 4.78 is 62.7. The molecule has 0 saturated carbocycles. The minimum Gasteiger partial charge on any atom is -0.282 e. The number of sulfonamides is 2. The number of halogens is 1. The number of anilines is 1. The van der Waals surface area contributed by atoms with E-state index in [2.05, 4.69) is 4.72 Å². The molecule has 2 rings (SSSR count).